The normalized spacial score (nSPS) is 41.9. The zero-order valence-electron chi connectivity index (χ0n) is 25.7. The highest BCUT2D eigenvalue weighted by Gasteiger charge is 2.65. The summed E-state index contributed by atoms with van der Waals surface area (Å²) in [5.41, 5.74) is -0.863. The highest BCUT2D eigenvalue weighted by Crippen LogP contribution is 2.69. The van der Waals surface area contributed by atoms with Gasteiger partial charge in [-0.2, -0.15) is 25.3 Å². The number of hydrogen-bond donors (Lipinski definition) is 3. The molecule has 0 aromatic rings. The fraction of sp³-hybridized carbons (Fsp3) is 0.929. The zero-order chi connectivity index (χ0) is 32.3. The van der Waals surface area contributed by atoms with Gasteiger partial charge in [0.25, 0.3) is 0 Å². The van der Waals surface area contributed by atoms with Gasteiger partial charge in [-0.25, -0.2) is 12.5 Å². The van der Waals surface area contributed by atoms with Gasteiger partial charge in [0.2, 0.25) is 0 Å². The molecule has 4 aliphatic rings. The summed E-state index contributed by atoms with van der Waals surface area (Å²) in [5, 5.41) is 0. The van der Waals surface area contributed by atoms with Gasteiger partial charge in [-0.3, -0.25) is 13.7 Å². The Hall–Kier alpha value is -0.650. The Labute approximate surface area is 257 Å². The van der Waals surface area contributed by atoms with Crippen LogP contribution in [0.4, 0.5) is 0 Å². The van der Waals surface area contributed by atoms with Gasteiger partial charge in [-0.15, -0.1) is 0 Å². The van der Waals surface area contributed by atoms with E-state index in [1.54, 1.807) is 0 Å². The lowest BCUT2D eigenvalue weighted by Crippen LogP contribution is -2.62. The molecule has 4 saturated carbocycles. The molecule has 1 unspecified atom stereocenters. The van der Waals surface area contributed by atoms with Gasteiger partial charge in [0.1, 0.15) is 12.2 Å². The van der Waals surface area contributed by atoms with Crippen molar-refractivity contribution in [2.75, 3.05) is 0 Å². The molecule has 15 heteroatoms. The SMILES string of the molecule is CC(C)C(C)/C=C/[C@@H](C)[C@H]1CC[C@H]2[C@@H]3C[C@H](OS(=O)(=O)O)[C@H]4C[C@H](OS(=O)(=O)O)[C@@H](OS(=O)(=O)O)C[C@]4(C)[C@H]3CC[C@]12C. The second-order valence-electron chi connectivity index (χ2n) is 14.4. The van der Waals surface area contributed by atoms with E-state index in [1.165, 1.54) is 0 Å². The summed E-state index contributed by atoms with van der Waals surface area (Å²) in [5.74, 6) is 1.22. The van der Waals surface area contributed by atoms with Crippen LogP contribution in [0, 0.1) is 58.2 Å². The Morgan fingerprint density at radius 1 is 0.674 bits per heavy atom. The van der Waals surface area contributed by atoms with Gasteiger partial charge >= 0.3 is 31.2 Å². The van der Waals surface area contributed by atoms with E-state index in [0.29, 0.717) is 30.1 Å². The highest BCUT2D eigenvalue weighted by atomic mass is 32.3. The molecule has 12 nitrogen and oxygen atoms in total. The molecule has 0 aromatic heterocycles. The van der Waals surface area contributed by atoms with E-state index in [-0.39, 0.29) is 36.0 Å². The van der Waals surface area contributed by atoms with Crippen molar-refractivity contribution in [3.63, 3.8) is 0 Å². The largest absolute Gasteiger partial charge is 0.397 e. The first-order valence-corrected chi connectivity index (χ1v) is 19.3. The van der Waals surface area contributed by atoms with Crippen molar-refractivity contribution in [2.45, 2.75) is 105 Å². The van der Waals surface area contributed by atoms with Crippen LogP contribution in [0.15, 0.2) is 12.2 Å². The van der Waals surface area contributed by atoms with Crippen molar-refractivity contribution in [1.82, 2.24) is 0 Å². The van der Waals surface area contributed by atoms with Crippen molar-refractivity contribution in [3.8, 4) is 0 Å². The molecule has 43 heavy (non-hydrogen) atoms. The molecule has 3 N–H and O–H groups in total. The third-order valence-electron chi connectivity index (χ3n) is 11.8. The monoisotopic (exact) mass is 672 g/mol. The van der Waals surface area contributed by atoms with E-state index in [1.807, 2.05) is 6.92 Å². The number of hydrogen-bond acceptors (Lipinski definition) is 9. The third-order valence-corrected chi connectivity index (χ3v) is 13.3. The lowest BCUT2D eigenvalue weighted by Gasteiger charge is -2.63. The average Bonchev–Trinajstić information content (AvgIpc) is 3.18. The molecule has 12 atom stereocenters. The first-order chi connectivity index (χ1) is 19.5. The number of fused-ring (bicyclic) bond motifs is 5. The van der Waals surface area contributed by atoms with Gasteiger partial charge in [-0.1, -0.05) is 53.7 Å². The molecule has 0 radical (unpaired) electrons. The summed E-state index contributed by atoms with van der Waals surface area (Å²) in [6.45, 7) is 13.1. The maximum Gasteiger partial charge on any atom is 0.397 e. The molecule has 4 aliphatic carbocycles. The Morgan fingerprint density at radius 2 is 1.21 bits per heavy atom. The first-order valence-electron chi connectivity index (χ1n) is 15.2. The van der Waals surface area contributed by atoms with E-state index in [0.717, 1.165) is 25.7 Å². The van der Waals surface area contributed by atoms with Crippen LogP contribution in [0.1, 0.15) is 86.5 Å². The fourth-order valence-corrected chi connectivity index (χ4v) is 11.2. The van der Waals surface area contributed by atoms with Crippen LogP contribution in [-0.2, 0) is 43.7 Å². The van der Waals surface area contributed by atoms with Crippen LogP contribution in [0.25, 0.3) is 0 Å². The molecule has 0 amide bonds. The van der Waals surface area contributed by atoms with Crippen LogP contribution < -0.4 is 0 Å². The van der Waals surface area contributed by atoms with Crippen molar-refractivity contribution in [1.29, 1.82) is 0 Å². The summed E-state index contributed by atoms with van der Waals surface area (Å²) >= 11 is 0. The summed E-state index contributed by atoms with van der Waals surface area (Å²) in [6, 6.07) is 0. The molecule has 0 heterocycles. The molecule has 0 aliphatic heterocycles. The van der Waals surface area contributed by atoms with Crippen LogP contribution in [0.5, 0.6) is 0 Å². The van der Waals surface area contributed by atoms with E-state index in [4.69, 9.17) is 12.5 Å². The second kappa shape index (κ2) is 12.2. The molecule has 0 saturated heterocycles. The lowest BCUT2D eigenvalue weighted by atomic mass is 9.43. The molecular weight excluding hydrogens is 624 g/mol. The quantitative estimate of drug-likeness (QED) is 0.210. The van der Waals surface area contributed by atoms with Gasteiger partial charge < -0.3 is 0 Å². The maximum absolute atomic E-state index is 12.0. The van der Waals surface area contributed by atoms with Crippen molar-refractivity contribution < 1.29 is 51.5 Å². The van der Waals surface area contributed by atoms with Gasteiger partial charge in [0, 0.05) is 0 Å². The molecule has 0 spiro atoms. The van der Waals surface area contributed by atoms with E-state index in [2.05, 4.69) is 46.8 Å². The molecule has 4 rings (SSSR count). The zero-order valence-corrected chi connectivity index (χ0v) is 28.1. The van der Waals surface area contributed by atoms with Crippen LogP contribution in [0.3, 0.4) is 0 Å². The maximum atomic E-state index is 12.0. The van der Waals surface area contributed by atoms with Crippen LogP contribution >= 0.6 is 0 Å². The van der Waals surface area contributed by atoms with Crippen LogP contribution in [-0.4, -0.2) is 57.2 Å². The molecule has 250 valence electrons. The van der Waals surface area contributed by atoms with Gasteiger partial charge in [0.05, 0.1) is 6.10 Å². The second-order valence-corrected chi connectivity index (χ2v) is 17.6. The summed E-state index contributed by atoms with van der Waals surface area (Å²) in [6.07, 6.45) is 4.10. The molecule has 0 bridgehead atoms. The summed E-state index contributed by atoms with van der Waals surface area (Å²) < 4.78 is 114. The smallest absolute Gasteiger partial charge is 0.264 e. The van der Waals surface area contributed by atoms with Crippen molar-refractivity contribution in [2.24, 2.45) is 58.2 Å². The Bertz CT molecular complexity index is 1380. The first kappa shape index (κ1) is 35.2. The van der Waals surface area contributed by atoms with Crippen molar-refractivity contribution in [3.05, 3.63) is 12.2 Å². The lowest BCUT2D eigenvalue weighted by molar-refractivity contribution is -0.183. The average molecular weight is 673 g/mol. The number of rotatable bonds is 10. The minimum absolute atomic E-state index is 0.0204. The van der Waals surface area contributed by atoms with Crippen LogP contribution in [0.2, 0.25) is 0 Å². The van der Waals surface area contributed by atoms with E-state index < -0.39 is 60.8 Å². The summed E-state index contributed by atoms with van der Waals surface area (Å²) in [7, 11) is -15.0. The van der Waals surface area contributed by atoms with E-state index in [9.17, 15) is 38.9 Å². The highest BCUT2D eigenvalue weighted by molar-refractivity contribution is 7.81. The topological polar surface area (TPSA) is 191 Å². The predicted octanol–water partition coefficient (Wildman–Crippen LogP) is 4.91. The molecule has 4 fully saturated rings. The third kappa shape index (κ3) is 7.67. The van der Waals surface area contributed by atoms with Gasteiger partial charge in [0.15, 0.2) is 0 Å². The Balaban J connectivity index is 1.70. The van der Waals surface area contributed by atoms with E-state index >= 15 is 0 Å². The Kier molecular flexibility index (Phi) is 9.97. The minimum Gasteiger partial charge on any atom is -0.264 e. The van der Waals surface area contributed by atoms with Crippen molar-refractivity contribution >= 4 is 31.2 Å². The fourth-order valence-electron chi connectivity index (χ4n) is 9.64. The number of allylic oxidation sites excluding steroid dienone is 2. The van der Waals surface area contributed by atoms with Gasteiger partial charge in [-0.05, 0) is 103 Å². The Morgan fingerprint density at radius 3 is 1.77 bits per heavy atom. The summed E-state index contributed by atoms with van der Waals surface area (Å²) in [4.78, 5) is 0. The minimum atomic E-state index is -5.07. The predicted molar refractivity (Wildman–Crippen MR) is 158 cm³/mol. The molecular formula is C28H48O12S3. The molecule has 0 aromatic carbocycles. The standard InChI is InChI=1S/C28H48O12S3/c1-16(2)17(3)7-8-18(4)20-9-10-21-19-13-24(38-41(29,30)31)23-14-25(39-42(32,33)34)26(40-43(35,36)37)15-28(23,6)22(19)11-12-27(20,21)5/h7-8,16-26H,9-15H2,1-6H3,(H,29,30,31)(H,32,33,34)(H,35,36,37)/b8-7+/t17?,18-,19+,20-,21+,22+,23-,24+,25+,26+,27-,28-/m1/s1.